The molecule has 0 radical (unpaired) electrons. The van der Waals surface area contributed by atoms with Gasteiger partial charge in [0, 0.05) is 5.56 Å². The standard InChI is InChI=1S/C17H16F3N3O5/c18-7-17(8-24)12(25)11(20)15(28-17)23-6-10(19)13(22-16(23)27)21-14(26)9-4-2-1-3-5-9/h1-6,11-12,15,24-25H,7-8H2,(H,21,22,26,27)/t11-,12+,15-,17-/m1/s1. The molecule has 2 heterocycles. The smallest absolute Gasteiger partial charge is 0.351 e. The second-order valence-electron chi connectivity index (χ2n) is 6.20. The van der Waals surface area contributed by atoms with Gasteiger partial charge in [-0.25, -0.2) is 18.0 Å². The van der Waals surface area contributed by atoms with E-state index >= 15 is 0 Å². The van der Waals surface area contributed by atoms with Crippen LogP contribution in [0.25, 0.3) is 0 Å². The Balaban J connectivity index is 1.89. The molecule has 1 amide bonds. The van der Waals surface area contributed by atoms with E-state index in [1.54, 1.807) is 18.2 Å². The van der Waals surface area contributed by atoms with E-state index in [-0.39, 0.29) is 5.56 Å². The number of carbonyl (C=O) groups excluding carboxylic acids is 1. The van der Waals surface area contributed by atoms with Crippen molar-refractivity contribution in [1.29, 1.82) is 0 Å². The number of amides is 1. The van der Waals surface area contributed by atoms with Crippen LogP contribution >= 0.6 is 0 Å². The van der Waals surface area contributed by atoms with Crippen molar-refractivity contribution in [1.82, 2.24) is 9.55 Å². The van der Waals surface area contributed by atoms with E-state index in [9.17, 15) is 33.0 Å². The molecule has 0 aliphatic carbocycles. The second kappa shape index (κ2) is 7.70. The van der Waals surface area contributed by atoms with E-state index in [2.05, 4.69) is 10.3 Å². The Labute approximate surface area is 156 Å². The summed E-state index contributed by atoms with van der Waals surface area (Å²) in [5.41, 5.74) is -3.30. The third-order valence-electron chi connectivity index (χ3n) is 4.41. The quantitative estimate of drug-likeness (QED) is 0.677. The molecule has 1 aliphatic rings. The van der Waals surface area contributed by atoms with Crippen LogP contribution in [0.1, 0.15) is 16.6 Å². The summed E-state index contributed by atoms with van der Waals surface area (Å²) < 4.78 is 47.3. The van der Waals surface area contributed by atoms with E-state index in [4.69, 9.17) is 4.74 Å². The van der Waals surface area contributed by atoms with Gasteiger partial charge in [0.2, 0.25) is 0 Å². The summed E-state index contributed by atoms with van der Waals surface area (Å²) in [5, 5.41) is 21.2. The summed E-state index contributed by atoms with van der Waals surface area (Å²) in [5.74, 6) is -2.60. The van der Waals surface area contributed by atoms with Crippen LogP contribution in [-0.4, -0.2) is 56.8 Å². The number of alkyl halides is 2. The molecule has 1 fully saturated rings. The number of nitrogens with one attached hydrogen (secondary N) is 1. The molecular weight excluding hydrogens is 383 g/mol. The van der Waals surface area contributed by atoms with Crippen molar-refractivity contribution in [2.75, 3.05) is 18.6 Å². The molecular formula is C17H16F3N3O5. The van der Waals surface area contributed by atoms with E-state index in [0.29, 0.717) is 10.8 Å². The Hall–Kier alpha value is -2.76. The van der Waals surface area contributed by atoms with Crippen LogP contribution in [0.2, 0.25) is 0 Å². The molecule has 0 saturated carbocycles. The predicted octanol–water partition coefficient (Wildman–Crippen LogP) is 0.563. The topological polar surface area (TPSA) is 114 Å². The van der Waals surface area contributed by atoms with Crippen LogP contribution in [0, 0.1) is 5.82 Å². The Morgan fingerprint density at radius 2 is 2.04 bits per heavy atom. The van der Waals surface area contributed by atoms with Crippen LogP contribution in [0.15, 0.2) is 41.3 Å². The molecule has 0 bridgehead atoms. The largest absolute Gasteiger partial charge is 0.393 e. The SMILES string of the molecule is O=C(Nc1nc(=O)n([C@@H]2O[C@@](CO)(CF)[C@@H](O)[C@H]2F)cc1F)c1ccccc1. The molecule has 11 heteroatoms. The lowest BCUT2D eigenvalue weighted by molar-refractivity contribution is -0.138. The number of carbonyl (C=O) groups is 1. The number of hydrogen-bond donors (Lipinski definition) is 3. The summed E-state index contributed by atoms with van der Waals surface area (Å²) in [7, 11) is 0. The predicted molar refractivity (Wildman–Crippen MR) is 89.7 cm³/mol. The highest BCUT2D eigenvalue weighted by Gasteiger charge is 2.56. The van der Waals surface area contributed by atoms with Crippen molar-refractivity contribution >= 4 is 11.7 Å². The average Bonchev–Trinajstić information content (AvgIpc) is 2.96. The highest BCUT2D eigenvalue weighted by atomic mass is 19.1. The Kier molecular flexibility index (Phi) is 5.49. The van der Waals surface area contributed by atoms with Gasteiger partial charge in [-0.05, 0) is 12.1 Å². The van der Waals surface area contributed by atoms with Crippen LogP contribution in [-0.2, 0) is 4.74 Å². The van der Waals surface area contributed by atoms with Gasteiger partial charge < -0.3 is 20.3 Å². The van der Waals surface area contributed by atoms with Gasteiger partial charge >= 0.3 is 5.69 Å². The van der Waals surface area contributed by atoms with Crippen LogP contribution in [0.3, 0.4) is 0 Å². The van der Waals surface area contributed by atoms with Gasteiger partial charge in [-0.15, -0.1) is 0 Å². The highest BCUT2D eigenvalue weighted by Crippen LogP contribution is 2.38. The molecule has 4 atom stereocenters. The summed E-state index contributed by atoms with van der Waals surface area (Å²) >= 11 is 0. The van der Waals surface area contributed by atoms with Gasteiger partial charge in [0.15, 0.2) is 29.6 Å². The number of aliphatic hydroxyl groups excluding tert-OH is 2. The number of anilines is 1. The first kappa shape index (κ1) is 20.0. The first-order chi connectivity index (χ1) is 13.3. The summed E-state index contributed by atoms with van der Waals surface area (Å²) in [6.07, 6.45) is -5.80. The van der Waals surface area contributed by atoms with Crippen LogP contribution in [0.4, 0.5) is 19.0 Å². The van der Waals surface area contributed by atoms with Crippen molar-refractivity contribution in [3.8, 4) is 0 Å². The zero-order valence-corrected chi connectivity index (χ0v) is 14.3. The fourth-order valence-electron chi connectivity index (χ4n) is 2.80. The van der Waals surface area contributed by atoms with Crippen LogP contribution < -0.4 is 11.0 Å². The number of aliphatic hydroxyl groups is 2. The van der Waals surface area contributed by atoms with E-state index in [1.807, 2.05) is 0 Å². The number of halogens is 3. The molecule has 1 saturated heterocycles. The van der Waals surface area contributed by atoms with Crippen molar-refractivity contribution in [3.05, 3.63) is 58.4 Å². The van der Waals surface area contributed by atoms with Crippen molar-refractivity contribution < 1.29 is 32.9 Å². The normalized spacial score (nSPS) is 27.0. The molecule has 1 aliphatic heterocycles. The zero-order valence-electron chi connectivity index (χ0n) is 14.3. The number of benzene rings is 1. The Morgan fingerprint density at radius 3 is 2.61 bits per heavy atom. The molecule has 1 aromatic heterocycles. The molecule has 3 rings (SSSR count). The molecule has 0 spiro atoms. The second-order valence-corrected chi connectivity index (χ2v) is 6.20. The minimum absolute atomic E-state index is 0.189. The lowest BCUT2D eigenvalue weighted by Gasteiger charge is -2.26. The third kappa shape index (κ3) is 3.39. The van der Waals surface area contributed by atoms with E-state index in [1.165, 1.54) is 12.1 Å². The molecule has 150 valence electrons. The van der Waals surface area contributed by atoms with Crippen molar-refractivity contribution in [2.45, 2.75) is 24.1 Å². The molecule has 8 nitrogen and oxygen atoms in total. The number of aromatic nitrogens is 2. The third-order valence-corrected chi connectivity index (χ3v) is 4.41. The van der Waals surface area contributed by atoms with Gasteiger partial charge in [-0.3, -0.25) is 9.36 Å². The maximum atomic E-state index is 14.3. The number of hydrogen-bond acceptors (Lipinski definition) is 6. The highest BCUT2D eigenvalue weighted by molar-refractivity contribution is 6.03. The monoisotopic (exact) mass is 399 g/mol. The Morgan fingerprint density at radius 1 is 1.36 bits per heavy atom. The van der Waals surface area contributed by atoms with E-state index in [0.717, 1.165) is 0 Å². The number of nitrogens with zero attached hydrogens (tertiary/aromatic N) is 2. The van der Waals surface area contributed by atoms with Crippen LogP contribution in [0.5, 0.6) is 0 Å². The number of rotatable bonds is 5. The van der Waals surface area contributed by atoms with Gasteiger partial charge in [0.25, 0.3) is 5.91 Å². The minimum Gasteiger partial charge on any atom is -0.393 e. The first-order valence-electron chi connectivity index (χ1n) is 8.15. The number of ether oxygens (including phenoxy) is 1. The van der Waals surface area contributed by atoms with Crippen molar-refractivity contribution in [2.24, 2.45) is 0 Å². The molecule has 0 unspecified atom stereocenters. The van der Waals surface area contributed by atoms with Gasteiger partial charge in [-0.1, -0.05) is 18.2 Å². The minimum atomic E-state index is -2.33. The average molecular weight is 399 g/mol. The summed E-state index contributed by atoms with van der Waals surface area (Å²) in [4.78, 5) is 27.6. The molecule has 1 aromatic carbocycles. The summed E-state index contributed by atoms with van der Waals surface area (Å²) in [6, 6.07) is 7.75. The fraction of sp³-hybridized carbons (Fsp3) is 0.353. The summed E-state index contributed by atoms with van der Waals surface area (Å²) in [6.45, 7) is -2.49. The zero-order chi connectivity index (χ0) is 20.5. The lowest BCUT2D eigenvalue weighted by atomic mass is 9.98. The maximum Gasteiger partial charge on any atom is 0.351 e. The first-order valence-corrected chi connectivity index (χ1v) is 8.15. The Bertz CT molecular complexity index is 920. The van der Waals surface area contributed by atoms with Gasteiger partial charge in [0.1, 0.15) is 12.8 Å². The lowest BCUT2D eigenvalue weighted by Crippen LogP contribution is -2.47. The fourth-order valence-corrected chi connectivity index (χ4v) is 2.80. The van der Waals surface area contributed by atoms with Crippen molar-refractivity contribution in [3.63, 3.8) is 0 Å². The molecule has 28 heavy (non-hydrogen) atoms. The maximum absolute atomic E-state index is 14.3. The van der Waals surface area contributed by atoms with E-state index < -0.39 is 60.6 Å². The van der Waals surface area contributed by atoms with Gasteiger partial charge in [0.05, 0.1) is 12.8 Å². The van der Waals surface area contributed by atoms with Gasteiger partial charge in [-0.2, -0.15) is 4.98 Å². The molecule has 2 aromatic rings. The molecule has 3 N–H and O–H groups in total.